The highest BCUT2D eigenvalue weighted by molar-refractivity contribution is 6.33. The van der Waals surface area contributed by atoms with Crippen LogP contribution < -0.4 is 9.47 Å². The largest absolute Gasteiger partial charge is 0.490 e. The zero-order chi connectivity index (χ0) is 14.1. The third-order valence-electron chi connectivity index (χ3n) is 3.18. The molecule has 1 aliphatic heterocycles. The minimum absolute atomic E-state index is 0.378. The van der Waals surface area contributed by atoms with Crippen LogP contribution in [0.25, 0.3) is 0 Å². The van der Waals surface area contributed by atoms with Crippen molar-refractivity contribution in [3.05, 3.63) is 46.4 Å². The topological polar surface area (TPSA) is 31.6 Å². The van der Waals surface area contributed by atoms with E-state index in [0.29, 0.717) is 29.7 Å². The molecule has 1 aliphatic rings. The Hall–Kier alpha value is -1.32. The van der Waals surface area contributed by atoms with Crippen LogP contribution in [0.4, 0.5) is 0 Å². The molecule has 0 saturated heterocycles. The van der Waals surface area contributed by atoms with E-state index in [4.69, 9.17) is 37.1 Å². The average Bonchev–Trinajstić information content (AvgIpc) is 2.73. The second-order valence-corrected chi connectivity index (χ2v) is 5.57. The quantitative estimate of drug-likeness (QED) is 0.751. The lowest BCUT2D eigenvalue weighted by molar-refractivity contribution is 0.297. The molecule has 1 atom stereocenters. The van der Waals surface area contributed by atoms with Gasteiger partial charge in [0.15, 0.2) is 11.5 Å². The highest BCUT2D eigenvalue weighted by Gasteiger charge is 2.21. The lowest BCUT2D eigenvalue weighted by Gasteiger charge is -2.14. The first-order chi connectivity index (χ1) is 9.65. The fourth-order valence-corrected chi connectivity index (χ4v) is 2.78. The summed E-state index contributed by atoms with van der Waals surface area (Å²) in [5.41, 5.74) is 1.67. The van der Waals surface area contributed by atoms with Gasteiger partial charge in [0, 0.05) is 23.1 Å². The SMILES string of the molecule is Cc1cc(C(Cl)c2cc3c(cc2Cl)OCCCO3)co1. The minimum Gasteiger partial charge on any atom is -0.490 e. The van der Waals surface area contributed by atoms with E-state index < -0.39 is 0 Å². The number of ether oxygens (including phenoxy) is 2. The van der Waals surface area contributed by atoms with Gasteiger partial charge in [0.1, 0.15) is 5.76 Å². The Morgan fingerprint density at radius 3 is 2.45 bits per heavy atom. The number of hydrogen-bond acceptors (Lipinski definition) is 3. The van der Waals surface area contributed by atoms with Gasteiger partial charge in [0.05, 0.1) is 24.9 Å². The van der Waals surface area contributed by atoms with Gasteiger partial charge in [-0.05, 0) is 24.6 Å². The van der Waals surface area contributed by atoms with Crippen molar-refractivity contribution in [2.75, 3.05) is 13.2 Å². The summed E-state index contributed by atoms with van der Waals surface area (Å²) in [6.45, 7) is 3.14. The van der Waals surface area contributed by atoms with Gasteiger partial charge in [-0.15, -0.1) is 11.6 Å². The van der Waals surface area contributed by atoms with E-state index in [-0.39, 0.29) is 5.38 Å². The number of rotatable bonds is 2. The first-order valence-electron chi connectivity index (χ1n) is 6.43. The van der Waals surface area contributed by atoms with Crippen LogP contribution in [0, 0.1) is 6.92 Å². The predicted molar refractivity (Wildman–Crippen MR) is 78.2 cm³/mol. The maximum absolute atomic E-state index is 6.49. The zero-order valence-corrected chi connectivity index (χ0v) is 12.5. The Kier molecular flexibility index (Phi) is 3.81. The van der Waals surface area contributed by atoms with Crippen LogP contribution in [0.2, 0.25) is 5.02 Å². The maximum atomic E-state index is 6.49. The van der Waals surface area contributed by atoms with Crippen LogP contribution in [-0.4, -0.2) is 13.2 Å². The number of fused-ring (bicyclic) bond motifs is 1. The van der Waals surface area contributed by atoms with Crippen LogP contribution in [0.1, 0.15) is 28.7 Å². The number of hydrogen-bond donors (Lipinski definition) is 0. The second-order valence-electron chi connectivity index (χ2n) is 4.72. The highest BCUT2D eigenvalue weighted by atomic mass is 35.5. The summed E-state index contributed by atoms with van der Waals surface area (Å²) in [5, 5.41) is 0.185. The Morgan fingerprint density at radius 2 is 1.80 bits per heavy atom. The number of halogens is 2. The molecule has 3 rings (SSSR count). The normalized spacial score (nSPS) is 15.8. The molecule has 3 nitrogen and oxygen atoms in total. The Balaban J connectivity index is 1.99. The van der Waals surface area contributed by atoms with E-state index in [1.807, 2.05) is 19.1 Å². The molecule has 0 saturated carbocycles. The first-order valence-corrected chi connectivity index (χ1v) is 7.25. The molecular weight excluding hydrogens is 299 g/mol. The number of aryl methyl sites for hydroxylation is 1. The van der Waals surface area contributed by atoms with Crippen molar-refractivity contribution >= 4 is 23.2 Å². The van der Waals surface area contributed by atoms with E-state index in [1.165, 1.54) is 0 Å². The van der Waals surface area contributed by atoms with E-state index in [9.17, 15) is 0 Å². The molecule has 0 bridgehead atoms. The van der Waals surface area contributed by atoms with Crippen LogP contribution in [0.15, 0.2) is 28.9 Å². The van der Waals surface area contributed by atoms with Crippen LogP contribution in [0.3, 0.4) is 0 Å². The van der Waals surface area contributed by atoms with E-state index in [2.05, 4.69) is 0 Å². The molecule has 0 amide bonds. The van der Waals surface area contributed by atoms with E-state index in [1.54, 1.807) is 12.3 Å². The maximum Gasteiger partial charge on any atom is 0.162 e. The molecule has 0 N–H and O–H groups in total. The summed E-state index contributed by atoms with van der Waals surface area (Å²) in [4.78, 5) is 0. The molecule has 2 aromatic rings. The monoisotopic (exact) mass is 312 g/mol. The molecule has 1 aromatic heterocycles. The van der Waals surface area contributed by atoms with Crippen molar-refractivity contribution < 1.29 is 13.9 Å². The van der Waals surface area contributed by atoms with Crippen LogP contribution in [0.5, 0.6) is 11.5 Å². The molecule has 0 aliphatic carbocycles. The molecule has 1 unspecified atom stereocenters. The molecule has 20 heavy (non-hydrogen) atoms. The summed E-state index contributed by atoms with van der Waals surface area (Å²) in [7, 11) is 0. The van der Waals surface area contributed by atoms with E-state index >= 15 is 0 Å². The smallest absolute Gasteiger partial charge is 0.162 e. The Morgan fingerprint density at radius 1 is 1.10 bits per heavy atom. The van der Waals surface area contributed by atoms with Crippen molar-refractivity contribution in [3.8, 4) is 11.5 Å². The van der Waals surface area contributed by atoms with Crippen LogP contribution >= 0.6 is 23.2 Å². The molecule has 2 heterocycles. The fraction of sp³-hybridized carbons (Fsp3) is 0.333. The molecule has 106 valence electrons. The van der Waals surface area contributed by atoms with Crippen molar-refractivity contribution in [1.29, 1.82) is 0 Å². The van der Waals surface area contributed by atoms with E-state index in [0.717, 1.165) is 23.3 Å². The third kappa shape index (κ3) is 2.60. The summed E-state index contributed by atoms with van der Waals surface area (Å²) < 4.78 is 16.6. The van der Waals surface area contributed by atoms with Crippen molar-refractivity contribution in [1.82, 2.24) is 0 Å². The van der Waals surface area contributed by atoms with Crippen molar-refractivity contribution in [2.45, 2.75) is 18.7 Å². The van der Waals surface area contributed by atoms with Gasteiger partial charge in [-0.2, -0.15) is 0 Å². The lowest BCUT2D eigenvalue weighted by Crippen LogP contribution is -1.97. The molecule has 0 radical (unpaired) electrons. The average molecular weight is 313 g/mol. The molecule has 1 aromatic carbocycles. The number of benzene rings is 1. The highest BCUT2D eigenvalue weighted by Crippen LogP contribution is 2.41. The Bertz CT molecular complexity index is 622. The van der Waals surface area contributed by atoms with Gasteiger partial charge >= 0.3 is 0 Å². The van der Waals surface area contributed by atoms with Gasteiger partial charge in [-0.3, -0.25) is 0 Å². The molecule has 0 spiro atoms. The van der Waals surface area contributed by atoms with Gasteiger partial charge in [-0.1, -0.05) is 11.6 Å². The standard InChI is InChI=1S/C15H14Cl2O3/c1-9-5-10(8-20-9)15(17)11-6-13-14(7-12(11)16)19-4-2-3-18-13/h5-8,15H,2-4H2,1H3. The fourth-order valence-electron chi connectivity index (χ4n) is 2.17. The first kappa shape index (κ1) is 13.7. The number of furan rings is 1. The molecule has 0 fully saturated rings. The number of alkyl halides is 1. The van der Waals surface area contributed by atoms with Gasteiger partial charge in [0.2, 0.25) is 0 Å². The second kappa shape index (κ2) is 5.58. The van der Waals surface area contributed by atoms with Crippen molar-refractivity contribution in [2.24, 2.45) is 0 Å². The van der Waals surface area contributed by atoms with Crippen LogP contribution in [-0.2, 0) is 0 Å². The van der Waals surface area contributed by atoms with Gasteiger partial charge < -0.3 is 13.9 Å². The summed E-state index contributed by atoms with van der Waals surface area (Å²) >= 11 is 12.8. The van der Waals surface area contributed by atoms with Crippen molar-refractivity contribution in [3.63, 3.8) is 0 Å². The van der Waals surface area contributed by atoms with Gasteiger partial charge in [-0.25, -0.2) is 0 Å². The Labute approximate surface area is 127 Å². The summed E-state index contributed by atoms with van der Waals surface area (Å²) in [6, 6.07) is 5.51. The third-order valence-corrected chi connectivity index (χ3v) is 4.00. The minimum atomic E-state index is -0.378. The zero-order valence-electron chi connectivity index (χ0n) is 11.0. The lowest BCUT2D eigenvalue weighted by atomic mass is 10.1. The summed E-state index contributed by atoms with van der Waals surface area (Å²) in [6.07, 6.45) is 2.50. The predicted octanol–water partition coefficient (Wildman–Crippen LogP) is 4.73. The molecule has 5 heteroatoms. The van der Waals surface area contributed by atoms with Gasteiger partial charge in [0.25, 0.3) is 0 Å². The molecular formula is C15H14Cl2O3. The summed E-state index contributed by atoms with van der Waals surface area (Å²) in [5.74, 6) is 2.17.